The summed E-state index contributed by atoms with van der Waals surface area (Å²) in [7, 11) is 0. The molecule has 0 aliphatic carbocycles. The largest absolute Gasteiger partial charge is 0.384 e. The zero-order valence-electron chi connectivity index (χ0n) is 24.5. The number of carbonyl (C=O) groups excluding carboxylic acids is 2. The smallest absolute Gasteiger partial charge is 0.366 e. The van der Waals surface area contributed by atoms with Gasteiger partial charge in [0.15, 0.2) is 49.2 Å². The van der Waals surface area contributed by atoms with E-state index in [1.54, 1.807) is 84.3 Å². The maximum absolute atomic E-state index is 15.3. The molecule has 1 atom stereocenters. The van der Waals surface area contributed by atoms with Crippen molar-refractivity contribution in [1.29, 1.82) is 0 Å². The average molecular weight is 613 g/mol. The molecular formula is C32H33FN8O4+4. The number of amides is 2. The summed E-state index contributed by atoms with van der Waals surface area (Å²) in [5.41, 5.74) is 11.3. The van der Waals surface area contributed by atoms with Gasteiger partial charge < -0.3 is 11.5 Å². The second-order valence-electron chi connectivity index (χ2n) is 10.1. The Morgan fingerprint density at radius 3 is 1.82 bits per heavy atom. The quantitative estimate of drug-likeness (QED) is 0.127. The number of pyridine rings is 4. The third kappa shape index (κ3) is 7.39. The first-order chi connectivity index (χ1) is 21.7. The van der Waals surface area contributed by atoms with E-state index in [0.717, 1.165) is 0 Å². The molecule has 0 bridgehead atoms. The van der Waals surface area contributed by atoms with Crippen molar-refractivity contribution in [2.75, 3.05) is 0 Å². The lowest BCUT2D eigenvalue weighted by Crippen LogP contribution is -2.72. The van der Waals surface area contributed by atoms with E-state index in [4.69, 9.17) is 11.5 Å². The predicted molar refractivity (Wildman–Crippen MR) is 159 cm³/mol. The monoisotopic (exact) mass is 612 g/mol. The number of allylic oxidation sites excluding steroid dienone is 4. The van der Waals surface area contributed by atoms with Gasteiger partial charge in [0.05, 0.1) is 23.3 Å². The van der Waals surface area contributed by atoms with Gasteiger partial charge in [0.1, 0.15) is 19.5 Å². The average Bonchev–Trinajstić information content (AvgIpc) is 3.05. The fourth-order valence-corrected chi connectivity index (χ4v) is 4.86. The summed E-state index contributed by atoms with van der Waals surface area (Å²) in [6, 6.07) is 11.4. The fourth-order valence-electron chi connectivity index (χ4n) is 4.86. The SMILES string of the molecule is CC=CCC(C=CC([n+]1ccc(C(N)=O)cc1)[n+]1ccc(C(N)=O)cc1)([n+]1ccc(CN=O)cc1)[n+]1ccc(CN=O)c(F)c1. The lowest BCUT2D eigenvalue weighted by atomic mass is 10.0. The molecule has 4 rings (SSSR count). The van der Waals surface area contributed by atoms with Crippen LogP contribution in [-0.2, 0) is 18.8 Å². The summed E-state index contributed by atoms with van der Waals surface area (Å²) >= 11 is 0. The Balaban J connectivity index is 1.95. The second-order valence-corrected chi connectivity index (χ2v) is 10.1. The molecule has 228 valence electrons. The molecule has 45 heavy (non-hydrogen) atoms. The van der Waals surface area contributed by atoms with Crippen LogP contribution in [0.3, 0.4) is 0 Å². The third-order valence-corrected chi connectivity index (χ3v) is 7.34. The van der Waals surface area contributed by atoms with Gasteiger partial charge in [0, 0.05) is 48.0 Å². The molecule has 0 aliphatic heterocycles. The van der Waals surface area contributed by atoms with Crippen LogP contribution in [0.25, 0.3) is 0 Å². The molecule has 0 aromatic carbocycles. The molecule has 1 unspecified atom stereocenters. The van der Waals surface area contributed by atoms with E-state index in [-0.39, 0.29) is 18.7 Å². The van der Waals surface area contributed by atoms with Crippen LogP contribution in [0.5, 0.6) is 0 Å². The van der Waals surface area contributed by atoms with E-state index in [1.165, 1.54) is 12.3 Å². The number of nitrogens with two attached hydrogens (primary N) is 2. The van der Waals surface area contributed by atoms with Crippen molar-refractivity contribution in [3.63, 3.8) is 0 Å². The molecule has 4 N–H and O–H groups in total. The first-order valence-corrected chi connectivity index (χ1v) is 13.9. The van der Waals surface area contributed by atoms with E-state index >= 15 is 4.39 Å². The summed E-state index contributed by atoms with van der Waals surface area (Å²) in [4.78, 5) is 45.3. The highest BCUT2D eigenvalue weighted by Crippen LogP contribution is 2.18. The van der Waals surface area contributed by atoms with Crippen LogP contribution in [0.1, 0.15) is 51.4 Å². The van der Waals surface area contributed by atoms with Crippen molar-refractivity contribution in [2.45, 2.75) is 38.3 Å². The van der Waals surface area contributed by atoms with Gasteiger partial charge in [-0.15, -0.1) is 18.3 Å². The lowest BCUT2D eigenvalue weighted by molar-refractivity contribution is -0.982. The zero-order valence-corrected chi connectivity index (χ0v) is 24.5. The molecule has 0 spiro atoms. The van der Waals surface area contributed by atoms with Crippen LogP contribution in [-0.4, -0.2) is 11.8 Å². The predicted octanol–water partition coefficient (Wildman–Crippen LogP) is 2.18. The number of carbonyl (C=O) groups is 2. The first kappa shape index (κ1) is 32.1. The Hall–Kier alpha value is -5.85. The van der Waals surface area contributed by atoms with Crippen LogP contribution in [0.2, 0.25) is 0 Å². The van der Waals surface area contributed by atoms with Gasteiger partial charge in [-0.05, 0) is 12.5 Å². The number of hydrogen-bond acceptors (Lipinski definition) is 6. The minimum Gasteiger partial charge on any atom is -0.366 e. The van der Waals surface area contributed by atoms with E-state index in [1.807, 2.05) is 44.9 Å². The van der Waals surface area contributed by atoms with E-state index in [2.05, 4.69) is 10.4 Å². The van der Waals surface area contributed by atoms with Crippen LogP contribution < -0.4 is 29.7 Å². The molecule has 4 aromatic rings. The molecule has 0 aliphatic rings. The Kier molecular flexibility index (Phi) is 10.4. The summed E-state index contributed by atoms with van der Waals surface area (Å²) in [5.74, 6) is -1.76. The number of primary amides is 2. The summed E-state index contributed by atoms with van der Waals surface area (Å²) in [6.45, 7) is 1.55. The number of nitrogens with zero attached hydrogens (tertiary/aromatic N) is 6. The Bertz CT molecular complexity index is 1690. The van der Waals surface area contributed by atoms with Crippen LogP contribution in [0.4, 0.5) is 4.39 Å². The highest BCUT2D eigenvalue weighted by atomic mass is 19.1. The highest BCUT2D eigenvalue weighted by molar-refractivity contribution is 5.92. The van der Waals surface area contributed by atoms with Gasteiger partial charge in [0.2, 0.25) is 18.0 Å². The number of nitroso groups, excluding NO2 is 2. The molecule has 2 amide bonds. The van der Waals surface area contributed by atoms with E-state index in [9.17, 15) is 19.4 Å². The zero-order chi connectivity index (χ0) is 32.4. The molecule has 0 fully saturated rings. The van der Waals surface area contributed by atoms with Crippen LogP contribution in [0.15, 0.2) is 127 Å². The highest BCUT2D eigenvalue weighted by Gasteiger charge is 2.47. The van der Waals surface area contributed by atoms with Crippen LogP contribution in [0, 0.1) is 15.6 Å². The van der Waals surface area contributed by atoms with Crippen molar-refractivity contribution in [3.8, 4) is 0 Å². The molecule has 0 radical (unpaired) electrons. The molecular weight excluding hydrogens is 579 g/mol. The van der Waals surface area contributed by atoms with Gasteiger partial charge in [-0.2, -0.15) is 14.2 Å². The Morgan fingerprint density at radius 1 is 0.822 bits per heavy atom. The topological polar surface area (TPSA) is 161 Å². The molecule has 4 aromatic heterocycles. The van der Waals surface area contributed by atoms with Gasteiger partial charge >= 0.3 is 11.8 Å². The lowest BCUT2D eigenvalue weighted by Gasteiger charge is -2.20. The summed E-state index contributed by atoms with van der Waals surface area (Å²) in [6.07, 6.45) is 20.7. The molecule has 13 heteroatoms. The van der Waals surface area contributed by atoms with E-state index in [0.29, 0.717) is 23.1 Å². The number of rotatable bonds is 14. The van der Waals surface area contributed by atoms with Gasteiger partial charge in [-0.1, -0.05) is 22.5 Å². The molecule has 4 heterocycles. The van der Waals surface area contributed by atoms with Crippen molar-refractivity contribution in [2.24, 2.45) is 21.8 Å². The maximum Gasteiger partial charge on any atom is 0.384 e. The Morgan fingerprint density at radius 2 is 1.36 bits per heavy atom. The fraction of sp³-hybridized carbons (Fsp3) is 0.188. The molecule has 0 saturated heterocycles. The first-order valence-electron chi connectivity index (χ1n) is 13.9. The van der Waals surface area contributed by atoms with Gasteiger partial charge in [-0.3, -0.25) is 9.59 Å². The molecule has 12 nitrogen and oxygen atoms in total. The minimum atomic E-state index is -1.09. The van der Waals surface area contributed by atoms with Crippen molar-refractivity contribution in [1.82, 2.24) is 0 Å². The van der Waals surface area contributed by atoms with E-state index < -0.39 is 29.5 Å². The van der Waals surface area contributed by atoms with Crippen molar-refractivity contribution >= 4 is 11.8 Å². The van der Waals surface area contributed by atoms with Gasteiger partial charge in [-0.25, -0.2) is 0 Å². The number of halogens is 1. The van der Waals surface area contributed by atoms with Crippen molar-refractivity contribution in [3.05, 3.63) is 154 Å². The number of hydrogen-bond donors (Lipinski definition) is 2. The summed E-state index contributed by atoms with van der Waals surface area (Å²) < 4.78 is 22.5. The Labute approximate surface area is 258 Å². The molecule has 0 saturated carbocycles. The maximum atomic E-state index is 15.3. The normalized spacial score (nSPS) is 12.8. The standard InChI is InChI=1S/C32H31FN8O4/c1-2-3-12-32(40-18-5-24(6-19-40)21-36-44,41-20-11-27(22-37-45)28(33)23-41)13-4-29(38-14-7-25(8-15-38)30(34)42)39-16-9-26(10-17-39)31(35)43/h2-11,13-20,23,29H,12,21-22H2,1H3,(H2-2,34,35,42,43)/q+2/p+2. The van der Waals surface area contributed by atoms with Crippen molar-refractivity contribution < 1.29 is 32.2 Å². The van der Waals surface area contributed by atoms with Gasteiger partial charge in [0.25, 0.3) is 0 Å². The summed E-state index contributed by atoms with van der Waals surface area (Å²) in [5, 5.41) is 5.79. The second kappa shape index (κ2) is 14.6. The minimum absolute atomic E-state index is 0.00828. The third-order valence-electron chi connectivity index (χ3n) is 7.34. The van der Waals surface area contributed by atoms with Crippen LogP contribution >= 0.6 is 0 Å². The number of aromatic nitrogens is 4.